The Balaban J connectivity index is 1.39. The van der Waals surface area contributed by atoms with Crippen LogP contribution >= 0.6 is 0 Å². The number of hydrogen-bond donors (Lipinski definition) is 1. The summed E-state index contributed by atoms with van der Waals surface area (Å²) in [6.45, 7) is 5.19. The highest BCUT2D eigenvalue weighted by atomic mass is 16.5. The monoisotopic (exact) mass is 424 g/mol. The molecule has 0 bridgehead atoms. The smallest absolute Gasteiger partial charge is 0.326 e. The van der Waals surface area contributed by atoms with Gasteiger partial charge in [-0.3, -0.25) is 9.69 Å². The van der Waals surface area contributed by atoms with E-state index < -0.39 is 5.54 Å². The number of imide groups is 1. The van der Waals surface area contributed by atoms with Crippen LogP contribution in [0.2, 0.25) is 0 Å². The number of urea groups is 1. The van der Waals surface area contributed by atoms with Gasteiger partial charge in [-0.25, -0.2) is 9.69 Å². The Morgan fingerprint density at radius 3 is 2.26 bits per heavy atom. The third-order valence-corrected chi connectivity index (χ3v) is 6.07. The molecule has 1 atom stereocenters. The van der Waals surface area contributed by atoms with Gasteiger partial charge < -0.3 is 19.7 Å². The number of rotatable bonds is 6. The zero-order valence-corrected chi connectivity index (χ0v) is 18.1. The number of benzene rings is 2. The van der Waals surface area contributed by atoms with Gasteiger partial charge in [0, 0.05) is 31.9 Å². The molecule has 31 heavy (non-hydrogen) atoms. The van der Waals surface area contributed by atoms with Crippen molar-refractivity contribution in [3.05, 3.63) is 54.1 Å². The Kier molecular flexibility index (Phi) is 5.73. The molecule has 0 aromatic heterocycles. The predicted molar refractivity (Wildman–Crippen MR) is 117 cm³/mol. The van der Waals surface area contributed by atoms with Crippen molar-refractivity contribution in [3.8, 4) is 11.5 Å². The van der Waals surface area contributed by atoms with Gasteiger partial charge in [0.2, 0.25) is 0 Å². The number of nitrogens with zero attached hydrogens (tertiary/aromatic N) is 3. The van der Waals surface area contributed by atoms with Gasteiger partial charge in [0.05, 0.1) is 20.9 Å². The highest BCUT2D eigenvalue weighted by molar-refractivity contribution is 6.07. The van der Waals surface area contributed by atoms with Crippen molar-refractivity contribution in [2.24, 2.45) is 0 Å². The predicted octanol–water partition coefficient (Wildman–Crippen LogP) is 2.25. The van der Waals surface area contributed by atoms with Crippen LogP contribution in [0, 0.1) is 0 Å². The molecular weight excluding hydrogens is 396 g/mol. The summed E-state index contributed by atoms with van der Waals surface area (Å²) in [4.78, 5) is 31.6. The van der Waals surface area contributed by atoms with Crippen LogP contribution in [-0.2, 0) is 10.3 Å². The molecule has 2 fully saturated rings. The minimum atomic E-state index is -1.10. The fourth-order valence-electron chi connectivity index (χ4n) is 4.10. The molecule has 0 spiro atoms. The van der Waals surface area contributed by atoms with Crippen molar-refractivity contribution in [1.29, 1.82) is 0 Å². The molecule has 3 amide bonds. The maximum Gasteiger partial charge on any atom is 0.326 e. The lowest BCUT2D eigenvalue weighted by Crippen LogP contribution is -2.51. The molecule has 1 N–H and O–H groups in total. The molecule has 8 nitrogen and oxygen atoms in total. The van der Waals surface area contributed by atoms with E-state index in [1.807, 2.05) is 42.5 Å². The Morgan fingerprint density at radius 2 is 1.61 bits per heavy atom. The first-order valence-corrected chi connectivity index (χ1v) is 10.3. The molecule has 0 aliphatic carbocycles. The van der Waals surface area contributed by atoms with Crippen molar-refractivity contribution in [1.82, 2.24) is 15.1 Å². The Hall–Kier alpha value is -3.26. The van der Waals surface area contributed by atoms with Crippen LogP contribution in [-0.4, -0.2) is 68.8 Å². The molecule has 0 unspecified atom stereocenters. The quantitative estimate of drug-likeness (QED) is 0.717. The van der Waals surface area contributed by atoms with Crippen LogP contribution in [0.15, 0.2) is 48.5 Å². The first kappa shape index (κ1) is 21.0. The van der Waals surface area contributed by atoms with Gasteiger partial charge in [0.25, 0.3) is 5.91 Å². The second kappa shape index (κ2) is 8.47. The first-order valence-electron chi connectivity index (χ1n) is 10.3. The Labute approximate surface area is 182 Å². The molecule has 4 rings (SSSR count). The van der Waals surface area contributed by atoms with Crippen molar-refractivity contribution >= 4 is 17.6 Å². The molecule has 2 aliphatic heterocycles. The van der Waals surface area contributed by atoms with Crippen molar-refractivity contribution in [2.75, 3.05) is 52.0 Å². The van der Waals surface area contributed by atoms with Crippen LogP contribution < -0.4 is 19.7 Å². The van der Waals surface area contributed by atoms with Gasteiger partial charge >= 0.3 is 6.03 Å². The third kappa shape index (κ3) is 4.03. The van der Waals surface area contributed by atoms with E-state index in [4.69, 9.17) is 9.47 Å². The number of piperazine rings is 1. The molecule has 2 aromatic rings. The number of carbonyl (C=O) groups excluding carboxylic acids is 2. The summed E-state index contributed by atoms with van der Waals surface area (Å²) in [7, 11) is 3.23. The van der Waals surface area contributed by atoms with E-state index in [2.05, 4.69) is 15.1 Å². The van der Waals surface area contributed by atoms with Crippen LogP contribution in [0.4, 0.5) is 10.5 Å². The summed E-state index contributed by atoms with van der Waals surface area (Å²) in [5.74, 6) is 1.23. The van der Waals surface area contributed by atoms with Crippen molar-refractivity contribution in [2.45, 2.75) is 12.5 Å². The number of ether oxygens (including phenoxy) is 2. The van der Waals surface area contributed by atoms with Crippen LogP contribution in [0.5, 0.6) is 11.5 Å². The summed E-state index contributed by atoms with van der Waals surface area (Å²) >= 11 is 0. The number of amides is 3. The van der Waals surface area contributed by atoms with E-state index in [9.17, 15) is 9.59 Å². The normalized spacial score (nSPS) is 21.9. The molecule has 2 aliphatic rings. The number of anilines is 1. The molecule has 2 aromatic carbocycles. The highest BCUT2D eigenvalue weighted by Gasteiger charge is 2.49. The zero-order chi connectivity index (χ0) is 22.0. The molecule has 2 heterocycles. The van der Waals surface area contributed by atoms with Crippen LogP contribution in [0.25, 0.3) is 0 Å². The van der Waals surface area contributed by atoms with E-state index in [0.717, 1.165) is 37.6 Å². The van der Waals surface area contributed by atoms with E-state index in [1.165, 1.54) is 4.90 Å². The SMILES string of the molecule is COc1ccc(N2CCN(CN3C(=O)N[C@@](C)(c4cccc(OC)c4)C3=O)CC2)cc1. The van der Waals surface area contributed by atoms with E-state index >= 15 is 0 Å². The molecule has 2 saturated heterocycles. The van der Waals surface area contributed by atoms with Crippen molar-refractivity contribution < 1.29 is 19.1 Å². The van der Waals surface area contributed by atoms with Gasteiger partial charge in [0.1, 0.15) is 17.0 Å². The highest BCUT2D eigenvalue weighted by Crippen LogP contribution is 2.31. The van der Waals surface area contributed by atoms with Crippen LogP contribution in [0.3, 0.4) is 0 Å². The second-order valence-corrected chi connectivity index (χ2v) is 7.96. The summed E-state index contributed by atoms with van der Waals surface area (Å²) < 4.78 is 10.5. The maximum absolute atomic E-state index is 13.2. The van der Waals surface area contributed by atoms with E-state index in [0.29, 0.717) is 11.3 Å². The van der Waals surface area contributed by atoms with Gasteiger partial charge in [-0.05, 0) is 48.9 Å². The summed E-state index contributed by atoms with van der Waals surface area (Å²) in [6, 6.07) is 14.9. The average Bonchev–Trinajstić information content (AvgIpc) is 3.03. The van der Waals surface area contributed by atoms with E-state index in [-0.39, 0.29) is 18.6 Å². The lowest BCUT2D eigenvalue weighted by atomic mass is 9.92. The largest absolute Gasteiger partial charge is 0.497 e. The zero-order valence-electron chi connectivity index (χ0n) is 18.1. The minimum absolute atomic E-state index is 0.247. The average molecular weight is 425 g/mol. The standard InChI is InChI=1S/C23H28N4O4/c1-23(17-5-4-6-20(15-17)31-3)21(28)27(22(29)24-23)16-25-11-13-26(14-12-25)18-7-9-19(30-2)10-8-18/h4-10,15H,11-14,16H2,1-3H3,(H,24,29)/t23-/m0/s1. The Bertz CT molecular complexity index is 956. The maximum atomic E-state index is 13.2. The molecule has 164 valence electrons. The fourth-order valence-corrected chi connectivity index (χ4v) is 4.10. The fraction of sp³-hybridized carbons (Fsp3) is 0.391. The molecule has 8 heteroatoms. The number of hydrogen-bond acceptors (Lipinski definition) is 6. The summed E-state index contributed by atoms with van der Waals surface area (Å²) in [6.07, 6.45) is 0. The third-order valence-electron chi connectivity index (χ3n) is 6.07. The summed E-state index contributed by atoms with van der Waals surface area (Å²) in [5.41, 5.74) is 0.745. The van der Waals surface area contributed by atoms with Crippen molar-refractivity contribution in [3.63, 3.8) is 0 Å². The van der Waals surface area contributed by atoms with E-state index in [1.54, 1.807) is 27.2 Å². The minimum Gasteiger partial charge on any atom is -0.497 e. The molecule has 0 radical (unpaired) electrons. The van der Waals surface area contributed by atoms with Gasteiger partial charge in [-0.1, -0.05) is 12.1 Å². The first-order chi connectivity index (χ1) is 14.9. The molecular formula is C23H28N4O4. The topological polar surface area (TPSA) is 74.3 Å². The Morgan fingerprint density at radius 1 is 0.935 bits per heavy atom. The number of carbonyl (C=O) groups is 2. The second-order valence-electron chi connectivity index (χ2n) is 7.96. The van der Waals surface area contributed by atoms with Gasteiger partial charge in [0.15, 0.2) is 0 Å². The van der Waals surface area contributed by atoms with Crippen LogP contribution in [0.1, 0.15) is 12.5 Å². The number of nitrogens with one attached hydrogen (secondary N) is 1. The lowest BCUT2D eigenvalue weighted by molar-refractivity contribution is -0.132. The number of methoxy groups -OCH3 is 2. The van der Waals surface area contributed by atoms with Gasteiger partial charge in [-0.15, -0.1) is 0 Å². The lowest BCUT2D eigenvalue weighted by Gasteiger charge is -2.37. The molecule has 0 saturated carbocycles. The van der Waals surface area contributed by atoms with Gasteiger partial charge in [-0.2, -0.15) is 0 Å². The summed E-state index contributed by atoms with van der Waals surface area (Å²) in [5, 5.41) is 2.87.